The van der Waals surface area contributed by atoms with Crippen LogP contribution in [0.2, 0.25) is 0 Å². The number of likely N-dealkylation sites (N-methyl/N-ethyl adjacent to an activating group) is 2. The minimum atomic E-state index is -0.532. The van der Waals surface area contributed by atoms with Crippen LogP contribution in [0.1, 0.15) is 12.5 Å². The average molecular weight is 551 g/mol. The molecule has 0 radical (unpaired) electrons. The molecule has 0 bridgehead atoms. The second-order valence-electron chi connectivity index (χ2n) is 10.6. The first kappa shape index (κ1) is 27.1. The highest BCUT2D eigenvalue weighted by Gasteiger charge is 2.39. The lowest BCUT2D eigenvalue weighted by atomic mass is 10.1. The number of ether oxygens (including phenoxy) is 2. The van der Waals surface area contributed by atoms with Crippen molar-refractivity contribution in [2.45, 2.75) is 18.9 Å². The lowest BCUT2D eigenvalue weighted by Gasteiger charge is -2.43. The van der Waals surface area contributed by atoms with Crippen molar-refractivity contribution < 1.29 is 23.5 Å². The smallest absolute Gasteiger partial charge is 0.414 e. The predicted octanol–water partition coefficient (Wildman–Crippen LogP) is 4.27. The number of nitrogens with zero attached hydrogens (tertiary/aromatic N) is 4. The number of quaternary nitrogens is 1. The molecule has 3 aliphatic rings. The molecule has 39 heavy (non-hydrogen) atoms. The molecule has 1 amide bonds. The molecule has 5 rings (SSSR count). The van der Waals surface area contributed by atoms with Gasteiger partial charge in [-0.2, -0.15) is 0 Å². The molecule has 1 fully saturated rings. The molecule has 3 heterocycles. The molecule has 0 aliphatic carbocycles. The Hall–Kier alpha value is -3.50. The summed E-state index contributed by atoms with van der Waals surface area (Å²) in [6, 6.07) is 17.7. The van der Waals surface area contributed by atoms with Crippen molar-refractivity contribution in [1.29, 1.82) is 0 Å². The van der Waals surface area contributed by atoms with Crippen LogP contribution < -0.4 is 5.32 Å². The van der Waals surface area contributed by atoms with E-state index in [0.717, 1.165) is 49.0 Å². The first-order chi connectivity index (χ1) is 18.8. The van der Waals surface area contributed by atoms with Gasteiger partial charge in [0.1, 0.15) is 19.0 Å². The van der Waals surface area contributed by atoms with Gasteiger partial charge in [-0.15, -0.1) is 11.8 Å². The number of esters is 1. The van der Waals surface area contributed by atoms with E-state index in [-0.39, 0.29) is 31.2 Å². The molecule has 9 nitrogen and oxygen atoms in total. The third-order valence-corrected chi connectivity index (χ3v) is 8.52. The highest BCUT2D eigenvalue weighted by atomic mass is 32.2. The molecule has 10 heteroatoms. The summed E-state index contributed by atoms with van der Waals surface area (Å²) in [4.78, 5) is 34.9. The molecule has 2 aromatic rings. The highest BCUT2D eigenvalue weighted by molar-refractivity contribution is 8.04. The van der Waals surface area contributed by atoms with Crippen molar-refractivity contribution in [3.63, 3.8) is 0 Å². The predicted molar refractivity (Wildman–Crippen MR) is 153 cm³/mol. The van der Waals surface area contributed by atoms with Crippen LogP contribution in [-0.4, -0.2) is 91.1 Å². The number of benzene rings is 2. The van der Waals surface area contributed by atoms with Crippen molar-refractivity contribution in [3.8, 4) is 0 Å². The van der Waals surface area contributed by atoms with Crippen molar-refractivity contribution in [3.05, 3.63) is 71.1 Å². The minimum absolute atomic E-state index is 0.161. The fraction of sp³-hybridized carbons (Fsp3) is 0.414. The number of nitrogens with one attached hydrogen (secondary N) is 1. The summed E-state index contributed by atoms with van der Waals surface area (Å²) in [5.41, 5.74) is 2.93. The molecule has 1 N–H and O–H groups in total. The highest BCUT2D eigenvalue weighted by Crippen LogP contribution is 2.42. The van der Waals surface area contributed by atoms with Crippen LogP contribution in [0.4, 0.5) is 16.2 Å². The van der Waals surface area contributed by atoms with E-state index in [1.54, 1.807) is 7.05 Å². The van der Waals surface area contributed by atoms with Crippen molar-refractivity contribution in [1.82, 2.24) is 9.80 Å². The molecule has 0 saturated carbocycles. The summed E-state index contributed by atoms with van der Waals surface area (Å²) in [6.45, 7) is 5.68. The maximum atomic E-state index is 12.6. The summed E-state index contributed by atoms with van der Waals surface area (Å²) < 4.78 is 11.5. The summed E-state index contributed by atoms with van der Waals surface area (Å²) >= 11 is 1.86. The van der Waals surface area contributed by atoms with E-state index in [1.165, 1.54) is 9.81 Å². The van der Waals surface area contributed by atoms with E-state index in [9.17, 15) is 9.59 Å². The third kappa shape index (κ3) is 6.57. The lowest BCUT2D eigenvalue weighted by molar-refractivity contribution is -0.929. The number of para-hydroxylation sites is 2. The number of thioether (sulfide) groups is 1. The Kier molecular flexibility index (Phi) is 8.13. The number of carbonyl (C=O) groups excluding carboxylic acids is 2. The van der Waals surface area contributed by atoms with Gasteiger partial charge in [0.05, 0.1) is 55.9 Å². The zero-order valence-electron chi connectivity index (χ0n) is 22.7. The molecule has 2 unspecified atom stereocenters. The molecule has 2 aromatic carbocycles. The number of piperazine rings is 1. The summed E-state index contributed by atoms with van der Waals surface area (Å²) in [5.74, 6) is 0.825. The average Bonchev–Trinajstić information content (AvgIpc) is 3.23. The van der Waals surface area contributed by atoms with Crippen LogP contribution in [0.5, 0.6) is 0 Å². The van der Waals surface area contributed by atoms with Gasteiger partial charge in [-0.25, -0.2) is 9.79 Å². The van der Waals surface area contributed by atoms with Crippen LogP contribution in [0.15, 0.2) is 70.6 Å². The van der Waals surface area contributed by atoms with Gasteiger partial charge < -0.3 is 24.6 Å². The molecule has 3 aliphatic heterocycles. The van der Waals surface area contributed by atoms with Gasteiger partial charge in [-0.05, 0) is 29.5 Å². The molecule has 1 saturated heterocycles. The topological polar surface area (TPSA) is 83.5 Å². The van der Waals surface area contributed by atoms with E-state index in [0.29, 0.717) is 4.48 Å². The summed E-state index contributed by atoms with van der Waals surface area (Å²) in [5, 5.41) is 3.91. The zero-order valence-corrected chi connectivity index (χ0v) is 23.5. The second kappa shape index (κ2) is 11.7. The zero-order chi connectivity index (χ0) is 27.4. The van der Waals surface area contributed by atoms with Gasteiger partial charge in [0.25, 0.3) is 0 Å². The largest absolute Gasteiger partial charge is 0.459 e. The van der Waals surface area contributed by atoms with Crippen LogP contribution >= 0.6 is 11.8 Å². The Morgan fingerprint density at radius 3 is 2.59 bits per heavy atom. The number of amides is 1. The number of amidine groups is 1. The minimum Gasteiger partial charge on any atom is -0.459 e. The van der Waals surface area contributed by atoms with Gasteiger partial charge in [0, 0.05) is 7.05 Å². The number of allylic oxidation sites excluding steroid dienone is 1. The maximum absolute atomic E-state index is 12.6. The van der Waals surface area contributed by atoms with Crippen LogP contribution in [0.3, 0.4) is 0 Å². The third-order valence-electron chi connectivity index (χ3n) is 7.35. The summed E-state index contributed by atoms with van der Waals surface area (Å²) in [6.07, 6.45) is 1.79. The van der Waals surface area contributed by atoms with E-state index < -0.39 is 12.1 Å². The van der Waals surface area contributed by atoms with E-state index >= 15 is 0 Å². The molecule has 2 atom stereocenters. The van der Waals surface area contributed by atoms with Gasteiger partial charge in [-0.3, -0.25) is 9.28 Å². The standard InChI is InChI=1S/C29H36N5O4S/c1-21-17-23-27(30-24-11-7-8-12-25(24)31-28(23)39-21)33-13-15-34(3,16-14-33)20-38-29(36)32(2)18-26(35)37-19-22-9-5-4-6-10-22/h4-12,17,23,28,31H,13-16,18-20H2,1-3H3/q+1. The fourth-order valence-corrected chi connectivity index (χ4v) is 6.14. The number of aliphatic imine (C=N–C) groups is 1. The van der Waals surface area contributed by atoms with Crippen molar-refractivity contribution in [2.75, 3.05) is 58.9 Å². The fourth-order valence-electron chi connectivity index (χ4n) is 4.98. The van der Waals surface area contributed by atoms with Crippen LogP contribution in [0, 0.1) is 5.92 Å². The SMILES string of the molecule is CC1=CC2C(N3CC[N+](C)(COC(=O)N(C)CC(=O)OCc4ccccc4)CC3)=Nc3ccccc3NC2S1. The number of hydrogen-bond donors (Lipinski definition) is 1. The van der Waals surface area contributed by atoms with Crippen LogP contribution in [0.25, 0.3) is 0 Å². The Bertz CT molecular complexity index is 1260. The number of anilines is 1. The normalized spacial score (nSPS) is 21.4. The van der Waals surface area contributed by atoms with Crippen molar-refractivity contribution >= 4 is 41.0 Å². The summed E-state index contributed by atoms with van der Waals surface area (Å²) in [7, 11) is 3.65. The second-order valence-corrected chi connectivity index (χ2v) is 12.0. The number of rotatable bonds is 6. The number of fused-ring (bicyclic) bond motifs is 2. The monoisotopic (exact) mass is 550 g/mol. The Morgan fingerprint density at radius 1 is 1.10 bits per heavy atom. The lowest BCUT2D eigenvalue weighted by Crippen LogP contribution is -2.60. The van der Waals surface area contributed by atoms with Crippen molar-refractivity contribution in [2.24, 2.45) is 10.9 Å². The number of carbonyl (C=O) groups is 2. The van der Waals surface area contributed by atoms with Gasteiger partial charge in [-0.1, -0.05) is 48.5 Å². The molecule has 0 aromatic heterocycles. The van der Waals surface area contributed by atoms with E-state index in [1.807, 2.05) is 54.2 Å². The Labute approximate surface area is 234 Å². The van der Waals surface area contributed by atoms with Crippen LogP contribution in [-0.2, 0) is 20.9 Å². The Morgan fingerprint density at radius 2 is 1.82 bits per heavy atom. The van der Waals surface area contributed by atoms with E-state index in [4.69, 9.17) is 14.5 Å². The number of hydrogen-bond acceptors (Lipinski definition) is 8. The van der Waals surface area contributed by atoms with E-state index in [2.05, 4.69) is 42.4 Å². The quantitative estimate of drug-likeness (QED) is 0.425. The molecule has 206 valence electrons. The molecular formula is C29H36N5O4S+. The molecule has 0 spiro atoms. The van der Waals surface area contributed by atoms with Gasteiger partial charge >= 0.3 is 12.1 Å². The van der Waals surface area contributed by atoms with Gasteiger partial charge in [0.15, 0.2) is 0 Å². The first-order valence-corrected chi connectivity index (χ1v) is 14.1. The first-order valence-electron chi connectivity index (χ1n) is 13.2. The molecular weight excluding hydrogens is 514 g/mol. The Balaban J connectivity index is 1.13. The van der Waals surface area contributed by atoms with Gasteiger partial charge in [0.2, 0.25) is 6.73 Å². The maximum Gasteiger partial charge on any atom is 0.414 e.